The third kappa shape index (κ3) is 2.46. The molecule has 0 fully saturated rings. The van der Waals surface area contributed by atoms with Crippen LogP contribution in [0.4, 0.5) is 0 Å². The van der Waals surface area contributed by atoms with Gasteiger partial charge in [-0.15, -0.1) is 0 Å². The standard InChI is InChI=1S/C16H15N3/c1-17-8-12-6-14(10-18-9-12)15-7-13-4-2-3-5-16(13)19-11-15/h2-7,9-11,17H,8H2,1H3. The predicted molar refractivity (Wildman–Crippen MR) is 77.7 cm³/mol. The maximum atomic E-state index is 4.49. The summed E-state index contributed by atoms with van der Waals surface area (Å²) in [4.78, 5) is 8.78. The minimum atomic E-state index is 0.821. The van der Waals surface area contributed by atoms with Gasteiger partial charge in [-0.25, -0.2) is 0 Å². The molecule has 94 valence electrons. The van der Waals surface area contributed by atoms with Gasteiger partial charge in [0.15, 0.2) is 0 Å². The lowest BCUT2D eigenvalue weighted by Crippen LogP contribution is -2.05. The Morgan fingerprint density at radius 1 is 1.00 bits per heavy atom. The summed E-state index contributed by atoms with van der Waals surface area (Å²) in [6.45, 7) is 0.821. The quantitative estimate of drug-likeness (QED) is 0.775. The van der Waals surface area contributed by atoms with Crippen molar-refractivity contribution in [3.8, 4) is 11.1 Å². The van der Waals surface area contributed by atoms with Gasteiger partial charge in [0.25, 0.3) is 0 Å². The number of hydrogen-bond donors (Lipinski definition) is 1. The first kappa shape index (κ1) is 11.8. The van der Waals surface area contributed by atoms with Crippen LogP contribution in [0.5, 0.6) is 0 Å². The Bertz CT molecular complexity index is 707. The third-order valence-corrected chi connectivity index (χ3v) is 3.10. The number of para-hydroxylation sites is 1. The van der Waals surface area contributed by atoms with Crippen molar-refractivity contribution >= 4 is 10.9 Å². The molecule has 0 saturated heterocycles. The molecule has 3 nitrogen and oxygen atoms in total. The molecule has 2 heterocycles. The lowest BCUT2D eigenvalue weighted by atomic mass is 10.1. The molecule has 19 heavy (non-hydrogen) atoms. The maximum Gasteiger partial charge on any atom is 0.0702 e. The molecule has 0 radical (unpaired) electrons. The van der Waals surface area contributed by atoms with E-state index in [-0.39, 0.29) is 0 Å². The predicted octanol–water partition coefficient (Wildman–Crippen LogP) is 3.02. The monoisotopic (exact) mass is 249 g/mol. The van der Waals surface area contributed by atoms with Gasteiger partial charge in [0.05, 0.1) is 5.52 Å². The van der Waals surface area contributed by atoms with E-state index < -0.39 is 0 Å². The van der Waals surface area contributed by atoms with E-state index in [1.807, 2.05) is 43.8 Å². The van der Waals surface area contributed by atoms with Crippen molar-refractivity contribution < 1.29 is 0 Å². The zero-order valence-electron chi connectivity index (χ0n) is 10.8. The Labute approximate surface area is 112 Å². The van der Waals surface area contributed by atoms with Crippen molar-refractivity contribution in [3.05, 3.63) is 60.6 Å². The van der Waals surface area contributed by atoms with Crippen LogP contribution in [0.25, 0.3) is 22.0 Å². The first-order valence-electron chi connectivity index (χ1n) is 6.30. The molecule has 0 amide bonds. The van der Waals surface area contributed by atoms with E-state index in [9.17, 15) is 0 Å². The second-order valence-corrected chi connectivity index (χ2v) is 4.53. The number of nitrogens with one attached hydrogen (secondary N) is 1. The van der Waals surface area contributed by atoms with Gasteiger partial charge in [-0.1, -0.05) is 18.2 Å². The maximum absolute atomic E-state index is 4.49. The summed E-state index contributed by atoms with van der Waals surface area (Å²) in [6, 6.07) is 12.4. The molecule has 0 saturated carbocycles. The molecule has 1 aromatic carbocycles. The molecule has 0 aliphatic heterocycles. The number of aromatic nitrogens is 2. The van der Waals surface area contributed by atoms with Crippen LogP contribution in [0.1, 0.15) is 5.56 Å². The van der Waals surface area contributed by atoms with Crippen molar-refractivity contribution in [1.82, 2.24) is 15.3 Å². The number of hydrogen-bond acceptors (Lipinski definition) is 3. The molecule has 0 aliphatic carbocycles. The second kappa shape index (κ2) is 5.16. The largest absolute Gasteiger partial charge is 0.316 e. The van der Waals surface area contributed by atoms with Gasteiger partial charge < -0.3 is 5.32 Å². The lowest BCUT2D eigenvalue weighted by molar-refractivity contribution is 0.813. The summed E-state index contributed by atoms with van der Waals surface area (Å²) in [5.41, 5.74) is 4.40. The van der Waals surface area contributed by atoms with Crippen LogP contribution in [0.2, 0.25) is 0 Å². The van der Waals surface area contributed by atoms with E-state index in [1.54, 1.807) is 0 Å². The minimum Gasteiger partial charge on any atom is -0.316 e. The first-order valence-corrected chi connectivity index (χ1v) is 6.30. The Morgan fingerprint density at radius 3 is 2.74 bits per heavy atom. The van der Waals surface area contributed by atoms with Gasteiger partial charge in [0.1, 0.15) is 0 Å². The van der Waals surface area contributed by atoms with Gasteiger partial charge in [0, 0.05) is 41.6 Å². The average molecular weight is 249 g/mol. The van der Waals surface area contributed by atoms with Crippen LogP contribution in [0.3, 0.4) is 0 Å². The molecule has 1 N–H and O–H groups in total. The molecule has 0 atom stereocenters. The fraction of sp³-hybridized carbons (Fsp3) is 0.125. The average Bonchev–Trinajstić information content (AvgIpc) is 2.47. The third-order valence-electron chi connectivity index (χ3n) is 3.10. The van der Waals surface area contributed by atoms with Crippen LogP contribution >= 0.6 is 0 Å². The molecule has 0 bridgehead atoms. The van der Waals surface area contributed by atoms with Crippen molar-refractivity contribution in [1.29, 1.82) is 0 Å². The summed E-state index contributed by atoms with van der Waals surface area (Å²) in [7, 11) is 1.93. The van der Waals surface area contributed by atoms with Crippen LogP contribution < -0.4 is 5.32 Å². The SMILES string of the molecule is CNCc1cncc(-c2cnc3ccccc3c2)c1. The Kier molecular flexibility index (Phi) is 3.21. The first-order chi connectivity index (χ1) is 9.36. The summed E-state index contributed by atoms with van der Waals surface area (Å²) >= 11 is 0. The topological polar surface area (TPSA) is 37.8 Å². The molecule has 0 aliphatic rings. The van der Waals surface area contributed by atoms with E-state index in [0.29, 0.717) is 0 Å². The zero-order valence-corrected chi connectivity index (χ0v) is 10.8. The van der Waals surface area contributed by atoms with E-state index >= 15 is 0 Å². The summed E-state index contributed by atoms with van der Waals surface area (Å²) in [5.74, 6) is 0. The van der Waals surface area contributed by atoms with Gasteiger partial charge in [0.2, 0.25) is 0 Å². The Hall–Kier alpha value is -2.26. The zero-order chi connectivity index (χ0) is 13.1. The van der Waals surface area contributed by atoms with E-state index in [1.165, 1.54) is 5.56 Å². The number of nitrogens with zero attached hydrogens (tertiary/aromatic N) is 2. The van der Waals surface area contributed by atoms with Gasteiger partial charge in [-0.2, -0.15) is 0 Å². The molecular weight excluding hydrogens is 234 g/mol. The molecule has 3 heteroatoms. The fourth-order valence-corrected chi connectivity index (χ4v) is 2.18. The van der Waals surface area contributed by atoms with Gasteiger partial charge >= 0.3 is 0 Å². The van der Waals surface area contributed by atoms with Crippen molar-refractivity contribution in [2.24, 2.45) is 0 Å². The molecule has 0 spiro atoms. The van der Waals surface area contributed by atoms with Crippen LogP contribution in [0.15, 0.2) is 55.0 Å². The molecule has 3 rings (SSSR count). The van der Waals surface area contributed by atoms with Crippen molar-refractivity contribution in [3.63, 3.8) is 0 Å². The summed E-state index contributed by atoms with van der Waals surface area (Å²) in [6.07, 6.45) is 5.67. The molecule has 2 aromatic heterocycles. The number of rotatable bonds is 3. The van der Waals surface area contributed by atoms with Gasteiger partial charge in [-0.3, -0.25) is 9.97 Å². The summed E-state index contributed by atoms with van der Waals surface area (Å²) < 4.78 is 0. The minimum absolute atomic E-state index is 0.821. The highest BCUT2D eigenvalue weighted by molar-refractivity contribution is 5.83. The fourth-order valence-electron chi connectivity index (χ4n) is 2.18. The van der Waals surface area contributed by atoms with E-state index in [0.717, 1.165) is 28.6 Å². The second-order valence-electron chi connectivity index (χ2n) is 4.53. The normalized spacial score (nSPS) is 10.8. The molecular formula is C16H15N3. The summed E-state index contributed by atoms with van der Waals surface area (Å²) in [5, 5.41) is 4.29. The van der Waals surface area contributed by atoms with Crippen LogP contribution in [-0.4, -0.2) is 17.0 Å². The number of pyridine rings is 2. The van der Waals surface area contributed by atoms with Crippen molar-refractivity contribution in [2.45, 2.75) is 6.54 Å². The van der Waals surface area contributed by atoms with E-state index in [2.05, 4.69) is 33.5 Å². The number of fused-ring (bicyclic) bond motifs is 1. The Balaban J connectivity index is 2.05. The van der Waals surface area contributed by atoms with Gasteiger partial charge in [-0.05, 0) is 30.8 Å². The lowest BCUT2D eigenvalue weighted by Gasteiger charge is -2.05. The number of benzene rings is 1. The highest BCUT2D eigenvalue weighted by atomic mass is 14.8. The smallest absolute Gasteiger partial charge is 0.0702 e. The molecule has 0 unspecified atom stereocenters. The highest BCUT2D eigenvalue weighted by Gasteiger charge is 2.02. The Morgan fingerprint density at radius 2 is 1.84 bits per heavy atom. The van der Waals surface area contributed by atoms with E-state index in [4.69, 9.17) is 0 Å². The van der Waals surface area contributed by atoms with Crippen LogP contribution in [0, 0.1) is 0 Å². The van der Waals surface area contributed by atoms with Crippen LogP contribution in [-0.2, 0) is 6.54 Å². The highest BCUT2D eigenvalue weighted by Crippen LogP contribution is 2.22. The molecule has 3 aromatic rings. The van der Waals surface area contributed by atoms with Crippen molar-refractivity contribution in [2.75, 3.05) is 7.05 Å².